The van der Waals surface area contributed by atoms with Crippen molar-refractivity contribution in [2.45, 2.75) is 6.54 Å². The predicted molar refractivity (Wildman–Crippen MR) is 54.8 cm³/mol. The molecule has 2 aromatic rings. The highest BCUT2D eigenvalue weighted by atomic mass is 35.5. The van der Waals surface area contributed by atoms with Gasteiger partial charge in [-0.1, -0.05) is 11.6 Å². The minimum Gasteiger partial charge on any atom is -0.443 e. The highest BCUT2D eigenvalue weighted by Gasteiger charge is 2.10. The van der Waals surface area contributed by atoms with Gasteiger partial charge in [0.15, 0.2) is 12.2 Å². The first-order chi connectivity index (χ1) is 7.22. The lowest BCUT2D eigenvalue weighted by Crippen LogP contribution is -1.98. The van der Waals surface area contributed by atoms with Gasteiger partial charge in [0.2, 0.25) is 0 Å². The normalized spacial score (nSPS) is 10.6. The molecule has 0 fully saturated rings. The van der Waals surface area contributed by atoms with Crippen LogP contribution in [0.25, 0.3) is 11.3 Å². The highest BCUT2D eigenvalue weighted by Crippen LogP contribution is 2.26. The molecule has 2 rings (SSSR count). The van der Waals surface area contributed by atoms with Crippen LogP contribution in [0.2, 0.25) is 5.02 Å². The van der Waals surface area contributed by atoms with E-state index >= 15 is 0 Å². The molecule has 0 saturated carbocycles. The average Bonchev–Trinajstić information content (AvgIpc) is 2.70. The number of halogens is 2. The number of hydrogen-bond acceptors (Lipinski definition) is 3. The lowest BCUT2D eigenvalue weighted by atomic mass is 10.1. The molecule has 0 bridgehead atoms. The molecule has 0 spiro atoms. The van der Waals surface area contributed by atoms with Gasteiger partial charge in [0.1, 0.15) is 11.5 Å². The molecule has 15 heavy (non-hydrogen) atoms. The smallest absolute Gasteiger partial charge is 0.181 e. The third-order valence-corrected chi connectivity index (χ3v) is 2.31. The molecule has 0 atom stereocenters. The van der Waals surface area contributed by atoms with E-state index in [4.69, 9.17) is 21.8 Å². The van der Waals surface area contributed by atoms with Crippen molar-refractivity contribution < 1.29 is 8.81 Å². The molecule has 0 amide bonds. The van der Waals surface area contributed by atoms with E-state index in [9.17, 15) is 4.39 Å². The van der Waals surface area contributed by atoms with Crippen molar-refractivity contribution in [1.29, 1.82) is 0 Å². The van der Waals surface area contributed by atoms with Gasteiger partial charge in [0.05, 0.1) is 5.02 Å². The summed E-state index contributed by atoms with van der Waals surface area (Å²) < 4.78 is 18.1. The first kappa shape index (κ1) is 10.1. The van der Waals surface area contributed by atoms with Crippen LogP contribution in [-0.2, 0) is 6.54 Å². The Balaban J connectivity index is 2.50. The van der Waals surface area contributed by atoms with Crippen LogP contribution in [0.1, 0.15) is 5.69 Å². The molecular formula is C10H8ClFN2O. The molecule has 0 unspecified atom stereocenters. The van der Waals surface area contributed by atoms with Crippen molar-refractivity contribution in [2.24, 2.45) is 5.73 Å². The molecule has 1 heterocycles. The van der Waals surface area contributed by atoms with Crippen LogP contribution in [0.15, 0.2) is 29.0 Å². The Morgan fingerprint density at radius 1 is 1.47 bits per heavy atom. The van der Waals surface area contributed by atoms with Gasteiger partial charge in [0.25, 0.3) is 0 Å². The van der Waals surface area contributed by atoms with E-state index in [0.29, 0.717) is 17.0 Å². The fourth-order valence-corrected chi connectivity index (χ4v) is 1.47. The fraction of sp³-hybridized carbons (Fsp3) is 0.100. The standard InChI is InChI=1S/C10H8ClFN2O/c11-7-3-6(1-2-8(7)12)10-9(4-13)14-5-15-10/h1-3,5H,4,13H2. The number of nitrogens with zero attached hydrogens (tertiary/aromatic N) is 1. The molecule has 3 nitrogen and oxygen atoms in total. The molecule has 78 valence electrons. The van der Waals surface area contributed by atoms with E-state index in [1.807, 2.05) is 0 Å². The second-order valence-corrected chi connectivity index (χ2v) is 3.37. The Morgan fingerprint density at radius 3 is 2.93 bits per heavy atom. The van der Waals surface area contributed by atoms with Gasteiger partial charge in [-0.25, -0.2) is 9.37 Å². The average molecular weight is 227 g/mol. The van der Waals surface area contributed by atoms with Gasteiger partial charge in [0, 0.05) is 12.1 Å². The van der Waals surface area contributed by atoms with Crippen LogP contribution < -0.4 is 5.73 Å². The zero-order valence-electron chi connectivity index (χ0n) is 7.71. The topological polar surface area (TPSA) is 52.0 Å². The molecule has 1 aromatic carbocycles. The molecule has 5 heteroatoms. The van der Waals surface area contributed by atoms with E-state index in [-0.39, 0.29) is 11.6 Å². The molecule has 0 saturated heterocycles. The minimum atomic E-state index is -0.464. The van der Waals surface area contributed by atoms with E-state index in [1.165, 1.54) is 18.5 Å². The molecular weight excluding hydrogens is 219 g/mol. The Hall–Kier alpha value is -1.39. The summed E-state index contributed by atoms with van der Waals surface area (Å²) in [6.07, 6.45) is 1.30. The Bertz CT molecular complexity index is 484. The summed E-state index contributed by atoms with van der Waals surface area (Å²) in [6, 6.07) is 4.33. The highest BCUT2D eigenvalue weighted by molar-refractivity contribution is 6.31. The summed E-state index contributed by atoms with van der Waals surface area (Å²) >= 11 is 5.66. The lowest BCUT2D eigenvalue weighted by molar-refractivity contribution is 0.570. The van der Waals surface area contributed by atoms with Crippen LogP contribution in [0.5, 0.6) is 0 Å². The monoisotopic (exact) mass is 226 g/mol. The molecule has 0 aliphatic carbocycles. The zero-order valence-corrected chi connectivity index (χ0v) is 8.46. The maximum Gasteiger partial charge on any atom is 0.181 e. The first-order valence-electron chi connectivity index (χ1n) is 4.30. The molecule has 0 radical (unpaired) electrons. The number of rotatable bonds is 2. The van der Waals surface area contributed by atoms with Gasteiger partial charge in [-0.2, -0.15) is 0 Å². The van der Waals surface area contributed by atoms with E-state index in [0.717, 1.165) is 0 Å². The number of hydrogen-bond donors (Lipinski definition) is 1. The quantitative estimate of drug-likeness (QED) is 0.856. The summed E-state index contributed by atoms with van der Waals surface area (Å²) in [6.45, 7) is 0.265. The lowest BCUT2D eigenvalue weighted by Gasteiger charge is -2.00. The number of benzene rings is 1. The minimum absolute atomic E-state index is 0.0480. The summed E-state index contributed by atoms with van der Waals surface area (Å²) in [5.74, 6) is 0.0635. The maximum atomic E-state index is 12.9. The van der Waals surface area contributed by atoms with Crippen LogP contribution in [0.4, 0.5) is 4.39 Å². The summed E-state index contributed by atoms with van der Waals surface area (Å²) in [4.78, 5) is 3.93. The van der Waals surface area contributed by atoms with E-state index in [1.54, 1.807) is 6.07 Å². The molecule has 0 aliphatic rings. The fourth-order valence-electron chi connectivity index (χ4n) is 1.29. The van der Waals surface area contributed by atoms with E-state index in [2.05, 4.69) is 4.98 Å². The SMILES string of the molecule is NCc1ncoc1-c1ccc(F)c(Cl)c1. The Morgan fingerprint density at radius 2 is 2.27 bits per heavy atom. The van der Waals surface area contributed by atoms with Gasteiger partial charge in [-0.05, 0) is 18.2 Å². The molecule has 1 aromatic heterocycles. The summed E-state index contributed by atoms with van der Waals surface area (Å²) in [7, 11) is 0. The molecule has 0 aliphatic heterocycles. The van der Waals surface area contributed by atoms with Gasteiger partial charge in [-0.15, -0.1) is 0 Å². The van der Waals surface area contributed by atoms with Crippen molar-refractivity contribution in [3.8, 4) is 11.3 Å². The van der Waals surface area contributed by atoms with Crippen molar-refractivity contribution in [3.63, 3.8) is 0 Å². The summed E-state index contributed by atoms with van der Waals surface area (Å²) in [5, 5.41) is 0.0480. The van der Waals surface area contributed by atoms with Crippen molar-refractivity contribution in [1.82, 2.24) is 4.98 Å². The van der Waals surface area contributed by atoms with Crippen LogP contribution in [0, 0.1) is 5.82 Å². The van der Waals surface area contributed by atoms with Gasteiger partial charge < -0.3 is 10.2 Å². The second kappa shape index (κ2) is 4.00. The third-order valence-electron chi connectivity index (χ3n) is 2.02. The zero-order chi connectivity index (χ0) is 10.8. The summed E-state index contributed by atoms with van der Waals surface area (Å²) in [5.41, 5.74) is 6.76. The number of aromatic nitrogens is 1. The number of nitrogens with two attached hydrogens (primary N) is 1. The van der Waals surface area contributed by atoms with Gasteiger partial charge >= 0.3 is 0 Å². The van der Waals surface area contributed by atoms with Crippen molar-refractivity contribution in [2.75, 3.05) is 0 Å². The van der Waals surface area contributed by atoms with E-state index < -0.39 is 5.82 Å². The van der Waals surface area contributed by atoms with Crippen LogP contribution >= 0.6 is 11.6 Å². The first-order valence-corrected chi connectivity index (χ1v) is 4.68. The largest absolute Gasteiger partial charge is 0.443 e. The Kier molecular flexibility index (Phi) is 2.70. The second-order valence-electron chi connectivity index (χ2n) is 2.96. The predicted octanol–water partition coefficient (Wildman–Crippen LogP) is 2.59. The van der Waals surface area contributed by atoms with Crippen LogP contribution in [0.3, 0.4) is 0 Å². The maximum absolute atomic E-state index is 12.9. The number of oxazole rings is 1. The Labute approximate surface area is 90.7 Å². The van der Waals surface area contributed by atoms with Crippen molar-refractivity contribution >= 4 is 11.6 Å². The van der Waals surface area contributed by atoms with Crippen molar-refractivity contribution in [3.05, 3.63) is 41.1 Å². The van der Waals surface area contributed by atoms with Gasteiger partial charge in [-0.3, -0.25) is 0 Å². The van der Waals surface area contributed by atoms with Crippen LogP contribution in [-0.4, -0.2) is 4.98 Å². The molecule has 2 N–H and O–H groups in total. The third kappa shape index (κ3) is 1.86.